The third-order valence-corrected chi connectivity index (χ3v) is 2.37. The summed E-state index contributed by atoms with van der Waals surface area (Å²) in [5.41, 5.74) is -0.1000. The van der Waals surface area contributed by atoms with Gasteiger partial charge < -0.3 is 5.32 Å². The van der Waals surface area contributed by atoms with E-state index in [0.29, 0.717) is 5.82 Å². The molecule has 1 aromatic heterocycles. The molecule has 0 unspecified atom stereocenters. The van der Waals surface area contributed by atoms with Crippen LogP contribution in [0.5, 0.6) is 0 Å². The summed E-state index contributed by atoms with van der Waals surface area (Å²) in [6.45, 7) is 0.144. The summed E-state index contributed by atoms with van der Waals surface area (Å²) in [4.78, 5) is 15.5. The largest absolute Gasteiger partial charge is 0.345 e. The van der Waals surface area contributed by atoms with Crippen molar-refractivity contribution in [1.82, 2.24) is 20.5 Å². The van der Waals surface area contributed by atoms with Gasteiger partial charge in [0.1, 0.15) is 12.2 Å². The lowest BCUT2D eigenvalue weighted by Crippen LogP contribution is -2.24. The van der Waals surface area contributed by atoms with Crippen molar-refractivity contribution in [3.8, 4) is 0 Å². The summed E-state index contributed by atoms with van der Waals surface area (Å²) in [6.07, 6.45) is 1.32. The number of hydrogen-bond donors (Lipinski definition) is 2. The first kappa shape index (κ1) is 11.5. The van der Waals surface area contributed by atoms with Crippen LogP contribution in [0.1, 0.15) is 16.2 Å². The Bertz CT molecular complexity index is 529. The number of halogens is 2. The van der Waals surface area contributed by atoms with Crippen LogP contribution >= 0.6 is 11.6 Å². The molecule has 0 saturated heterocycles. The summed E-state index contributed by atoms with van der Waals surface area (Å²) in [5, 5.41) is 8.61. The van der Waals surface area contributed by atoms with Gasteiger partial charge in [0, 0.05) is 0 Å². The lowest BCUT2D eigenvalue weighted by Gasteiger charge is -2.04. The van der Waals surface area contributed by atoms with Crippen molar-refractivity contribution < 1.29 is 9.18 Å². The molecule has 0 aliphatic carbocycles. The summed E-state index contributed by atoms with van der Waals surface area (Å²) in [6, 6.07) is 4.25. The minimum absolute atomic E-state index is 0.0858. The molecule has 0 aliphatic rings. The second-order valence-corrected chi connectivity index (χ2v) is 3.62. The van der Waals surface area contributed by atoms with Crippen LogP contribution < -0.4 is 5.32 Å². The molecule has 1 aromatic carbocycles. The van der Waals surface area contributed by atoms with Crippen LogP contribution in [0.15, 0.2) is 24.5 Å². The van der Waals surface area contributed by atoms with Crippen LogP contribution in [-0.4, -0.2) is 21.1 Å². The summed E-state index contributed by atoms with van der Waals surface area (Å²) >= 11 is 5.57. The second-order valence-electron chi connectivity index (χ2n) is 3.22. The predicted molar refractivity (Wildman–Crippen MR) is 59.0 cm³/mol. The minimum atomic E-state index is -0.732. The Morgan fingerprint density at radius 2 is 2.35 bits per heavy atom. The van der Waals surface area contributed by atoms with Crippen molar-refractivity contribution in [2.24, 2.45) is 0 Å². The van der Waals surface area contributed by atoms with Crippen molar-refractivity contribution in [2.45, 2.75) is 6.54 Å². The number of amides is 1. The Labute approximate surface area is 101 Å². The first-order chi connectivity index (χ1) is 8.18. The monoisotopic (exact) mass is 254 g/mol. The number of aromatic nitrogens is 3. The molecule has 2 rings (SSSR count). The summed E-state index contributed by atoms with van der Waals surface area (Å²) in [7, 11) is 0. The van der Waals surface area contributed by atoms with E-state index in [1.165, 1.54) is 24.5 Å². The third kappa shape index (κ3) is 2.59. The first-order valence-electron chi connectivity index (χ1n) is 4.75. The maximum atomic E-state index is 13.5. The quantitative estimate of drug-likeness (QED) is 0.873. The van der Waals surface area contributed by atoms with E-state index in [-0.39, 0.29) is 17.1 Å². The van der Waals surface area contributed by atoms with Gasteiger partial charge in [0.15, 0.2) is 5.82 Å². The highest BCUT2D eigenvalue weighted by atomic mass is 35.5. The standard InChI is InChI=1S/C10H8ClFN4O/c11-7-3-1-2-6(9(7)12)10(17)13-4-8-14-5-15-16-8/h1-3,5H,4H2,(H,13,17)(H,14,15,16). The Hall–Kier alpha value is -1.95. The van der Waals surface area contributed by atoms with Gasteiger partial charge in [-0.05, 0) is 12.1 Å². The molecule has 88 valence electrons. The van der Waals surface area contributed by atoms with Crippen molar-refractivity contribution in [3.05, 3.63) is 46.8 Å². The SMILES string of the molecule is O=C(NCc1ncn[nH]1)c1cccc(Cl)c1F. The molecule has 2 aromatic rings. The normalized spacial score (nSPS) is 10.2. The number of carbonyl (C=O) groups is 1. The van der Waals surface area contributed by atoms with Gasteiger partial charge in [0.05, 0.1) is 17.1 Å². The minimum Gasteiger partial charge on any atom is -0.345 e. The van der Waals surface area contributed by atoms with Crippen LogP contribution in [0.4, 0.5) is 4.39 Å². The van der Waals surface area contributed by atoms with Gasteiger partial charge in [0.25, 0.3) is 5.91 Å². The van der Waals surface area contributed by atoms with Gasteiger partial charge in [0.2, 0.25) is 0 Å². The summed E-state index contributed by atoms with van der Waals surface area (Å²) < 4.78 is 13.5. The molecule has 0 bridgehead atoms. The fourth-order valence-corrected chi connectivity index (χ4v) is 1.43. The average molecular weight is 255 g/mol. The number of H-pyrrole nitrogens is 1. The Kier molecular flexibility index (Phi) is 3.34. The number of rotatable bonds is 3. The lowest BCUT2D eigenvalue weighted by atomic mass is 10.2. The fraction of sp³-hybridized carbons (Fsp3) is 0.100. The van der Waals surface area contributed by atoms with E-state index in [1.807, 2.05) is 0 Å². The van der Waals surface area contributed by atoms with E-state index in [4.69, 9.17) is 11.6 Å². The highest BCUT2D eigenvalue weighted by Crippen LogP contribution is 2.17. The molecular formula is C10H8ClFN4O. The molecule has 2 N–H and O–H groups in total. The van der Waals surface area contributed by atoms with Gasteiger partial charge in [-0.15, -0.1) is 0 Å². The van der Waals surface area contributed by atoms with E-state index < -0.39 is 11.7 Å². The lowest BCUT2D eigenvalue weighted by molar-refractivity contribution is 0.0946. The van der Waals surface area contributed by atoms with Gasteiger partial charge in [-0.2, -0.15) is 5.10 Å². The highest BCUT2D eigenvalue weighted by molar-refractivity contribution is 6.31. The molecule has 17 heavy (non-hydrogen) atoms. The molecular weight excluding hydrogens is 247 g/mol. The molecule has 0 radical (unpaired) electrons. The number of nitrogens with one attached hydrogen (secondary N) is 2. The predicted octanol–water partition coefficient (Wildman–Crippen LogP) is 1.53. The molecule has 7 heteroatoms. The van der Waals surface area contributed by atoms with Crippen LogP contribution in [-0.2, 0) is 6.54 Å². The topological polar surface area (TPSA) is 70.7 Å². The third-order valence-electron chi connectivity index (χ3n) is 2.08. The van der Waals surface area contributed by atoms with E-state index in [2.05, 4.69) is 20.5 Å². The number of benzene rings is 1. The van der Waals surface area contributed by atoms with E-state index in [0.717, 1.165) is 0 Å². The Morgan fingerprint density at radius 3 is 3.06 bits per heavy atom. The van der Waals surface area contributed by atoms with E-state index >= 15 is 0 Å². The van der Waals surface area contributed by atoms with E-state index in [1.54, 1.807) is 0 Å². The molecule has 0 fully saturated rings. The van der Waals surface area contributed by atoms with Crippen LogP contribution in [0.25, 0.3) is 0 Å². The number of hydrogen-bond acceptors (Lipinski definition) is 3. The van der Waals surface area contributed by atoms with E-state index in [9.17, 15) is 9.18 Å². The average Bonchev–Trinajstić information content (AvgIpc) is 2.82. The van der Waals surface area contributed by atoms with Crippen LogP contribution in [0, 0.1) is 5.82 Å². The van der Waals surface area contributed by atoms with Gasteiger partial charge >= 0.3 is 0 Å². The maximum Gasteiger partial charge on any atom is 0.254 e. The maximum absolute atomic E-state index is 13.5. The zero-order chi connectivity index (χ0) is 12.3. The van der Waals surface area contributed by atoms with Crippen molar-refractivity contribution in [2.75, 3.05) is 0 Å². The van der Waals surface area contributed by atoms with Crippen molar-refractivity contribution in [1.29, 1.82) is 0 Å². The highest BCUT2D eigenvalue weighted by Gasteiger charge is 2.13. The molecule has 0 spiro atoms. The summed E-state index contributed by atoms with van der Waals surface area (Å²) in [5.74, 6) is -0.800. The number of carbonyl (C=O) groups excluding carboxylic acids is 1. The molecule has 0 atom stereocenters. The molecule has 0 saturated carbocycles. The van der Waals surface area contributed by atoms with Crippen LogP contribution in [0.3, 0.4) is 0 Å². The van der Waals surface area contributed by atoms with Gasteiger partial charge in [-0.1, -0.05) is 17.7 Å². The zero-order valence-electron chi connectivity index (χ0n) is 8.58. The second kappa shape index (κ2) is 4.92. The number of nitrogens with zero attached hydrogens (tertiary/aromatic N) is 2. The van der Waals surface area contributed by atoms with Gasteiger partial charge in [-0.3, -0.25) is 9.89 Å². The van der Waals surface area contributed by atoms with Crippen molar-refractivity contribution >= 4 is 17.5 Å². The fourth-order valence-electron chi connectivity index (χ4n) is 1.25. The Balaban J connectivity index is 2.07. The van der Waals surface area contributed by atoms with Crippen molar-refractivity contribution in [3.63, 3.8) is 0 Å². The Morgan fingerprint density at radius 1 is 1.53 bits per heavy atom. The number of aromatic amines is 1. The first-order valence-corrected chi connectivity index (χ1v) is 5.12. The van der Waals surface area contributed by atoms with Gasteiger partial charge in [-0.25, -0.2) is 9.37 Å². The zero-order valence-corrected chi connectivity index (χ0v) is 9.33. The molecule has 1 amide bonds. The molecule has 0 aliphatic heterocycles. The van der Waals surface area contributed by atoms with Crippen LogP contribution in [0.2, 0.25) is 5.02 Å². The smallest absolute Gasteiger partial charge is 0.254 e. The molecule has 1 heterocycles. The molecule has 5 nitrogen and oxygen atoms in total.